The SMILES string of the molecule is [C-]#[N+]CCOP(O[C@@H]1C[C@H](n2cc(C)c(NC(=O)c3ccccc3)nc2=O)O[C@@H]1CC)N(C(C)C)C(C)C. The first-order chi connectivity index (χ1) is 18.2. The molecular formula is C27H38N5O5P. The summed E-state index contributed by atoms with van der Waals surface area (Å²) >= 11 is 0. The van der Waals surface area contributed by atoms with Gasteiger partial charge in [-0.2, -0.15) is 4.98 Å². The fourth-order valence-electron chi connectivity index (χ4n) is 4.42. The number of aryl methyl sites for hydroxylation is 1. The summed E-state index contributed by atoms with van der Waals surface area (Å²) < 4.78 is 22.5. The van der Waals surface area contributed by atoms with E-state index in [1.807, 2.05) is 13.0 Å². The van der Waals surface area contributed by atoms with Crippen LogP contribution in [0.25, 0.3) is 4.85 Å². The molecule has 4 atom stereocenters. The van der Waals surface area contributed by atoms with Gasteiger partial charge in [-0.15, -0.1) is 0 Å². The Morgan fingerprint density at radius 2 is 1.97 bits per heavy atom. The van der Waals surface area contributed by atoms with E-state index in [9.17, 15) is 9.59 Å². The van der Waals surface area contributed by atoms with Gasteiger partial charge in [0, 0.05) is 35.8 Å². The summed E-state index contributed by atoms with van der Waals surface area (Å²) in [5.74, 6) is -0.111. The van der Waals surface area contributed by atoms with Crippen LogP contribution < -0.4 is 11.0 Å². The van der Waals surface area contributed by atoms with Crippen LogP contribution in [0.4, 0.5) is 5.82 Å². The molecule has 11 heteroatoms. The van der Waals surface area contributed by atoms with Crippen LogP contribution in [0, 0.1) is 13.5 Å². The largest absolute Gasteiger partial charge is 0.352 e. The Morgan fingerprint density at radius 3 is 2.58 bits per heavy atom. The van der Waals surface area contributed by atoms with Gasteiger partial charge in [-0.1, -0.05) is 25.1 Å². The standard InChI is InChI=1S/C27H38N5O5P/c1-8-22-23(37-38(35-15-14-28-7)32(18(2)3)19(4)5)16-24(36-22)31-17-20(6)25(30-27(31)34)29-26(33)21-12-10-9-11-13-21/h9-13,17-19,22-24H,8,14-16H2,1-6H3,(H,29,30,33,34)/t22-,23-,24-,38?/m1/s1. The Morgan fingerprint density at radius 1 is 1.29 bits per heavy atom. The molecule has 1 aromatic heterocycles. The fraction of sp³-hybridized carbons (Fsp3) is 0.556. The minimum atomic E-state index is -1.44. The highest BCUT2D eigenvalue weighted by atomic mass is 31.2. The lowest BCUT2D eigenvalue weighted by molar-refractivity contribution is -0.0200. The van der Waals surface area contributed by atoms with Gasteiger partial charge in [0.1, 0.15) is 18.7 Å². The van der Waals surface area contributed by atoms with Crippen LogP contribution in [-0.2, 0) is 13.8 Å². The highest BCUT2D eigenvalue weighted by Gasteiger charge is 2.40. The van der Waals surface area contributed by atoms with E-state index in [1.165, 1.54) is 4.57 Å². The van der Waals surface area contributed by atoms with Gasteiger partial charge in [-0.3, -0.25) is 9.36 Å². The number of benzene rings is 1. The second-order valence-corrected chi connectivity index (χ2v) is 11.1. The van der Waals surface area contributed by atoms with Crippen LogP contribution >= 0.6 is 8.53 Å². The van der Waals surface area contributed by atoms with E-state index >= 15 is 0 Å². The van der Waals surface area contributed by atoms with Crippen molar-refractivity contribution >= 4 is 20.3 Å². The van der Waals surface area contributed by atoms with Crippen molar-refractivity contribution in [3.8, 4) is 0 Å². The van der Waals surface area contributed by atoms with Crippen LogP contribution in [0.2, 0.25) is 0 Å². The second-order valence-electron chi connectivity index (χ2n) is 9.72. The lowest BCUT2D eigenvalue weighted by Gasteiger charge is -2.37. The summed E-state index contributed by atoms with van der Waals surface area (Å²) in [5, 5.41) is 2.73. The molecular weight excluding hydrogens is 505 g/mol. The van der Waals surface area contributed by atoms with E-state index in [0.717, 1.165) is 0 Å². The number of hydrogen-bond acceptors (Lipinski definition) is 7. The molecule has 2 aromatic rings. The van der Waals surface area contributed by atoms with Crippen molar-refractivity contribution in [3.05, 3.63) is 69.6 Å². The smallest absolute Gasteiger partial charge is 0.351 e. The molecule has 1 fully saturated rings. The third-order valence-electron chi connectivity index (χ3n) is 6.17. The average molecular weight is 544 g/mol. The molecule has 1 aliphatic heterocycles. The third-order valence-corrected chi connectivity index (χ3v) is 8.33. The molecule has 2 heterocycles. The molecule has 1 saturated heterocycles. The van der Waals surface area contributed by atoms with Gasteiger partial charge in [-0.05, 0) is 53.2 Å². The average Bonchev–Trinajstić information content (AvgIpc) is 3.28. The maximum Gasteiger partial charge on any atom is 0.351 e. The van der Waals surface area contributed by atoms with Gasteiger partial charge in [0.25, 0.3) is 14.4 Å². The zero-order valence-corrected chi connectivity index (χ0v) is 23.9. The Labute approximate surface area is 226 Å². The number of rotatable bonds is 12. The number of aromatic nitrogens is 2. The second kappa shape index (κ2) is 13.9. The molecule has 0 spiro atoms. The monoisotopic (exact) mass is 543 g/mol. The van der Waals surface area contributed by atoms with E-state index in [-0.39, 0.29) is 49.2 Å². The van der Waals surface area contributed by atoms with Gasteiger partial charge >= 0.3 is 5.69 Å². The molecule has 1 amide bonds. The molecule has 1 unspecified atom stereocenters. The summed E-state index contributed by atoms with van der Waals surface area (Å²) in [6.07, 6.45) is 1.72. The highest BCUT2D eigenvalue weighted by Crippen LogP contribution is 2.50. The molecule has 1 N–H and O–H groups in total. The van der Waals surface area contributed by atoms with E-state index in [0.29, 0.717) is 24.0 Å². The lowest BCUT2D eigenvalue weighted by atomic mass is 10.1. The first-order valence-electron chi connectivity index (χ1n) is 13.0. The van der Waals surface area contributed by atoms with Gasteiger partial charge in [-0.25, -0.2) is 16.0 Å². The first-order valence-corrected chi connectivity index (χ1v) is 14.1. The summed E-state index contributed by atoms with van der Waals surface area (Å²) in [5.41, 5.74) is 0.612. The maximum absolute atomic E-state index is 13.0. The zero-order chi connectivity index (χ0) is 27.8. The van der Waals surface area contributed by atoms with Gasteiger partial charge in [0.05, 0.1) is 12.2 Å². The summed E-state index contributed by atoms with van der Waals surface area (Å²) in [7, 11) is -1.44. The van der Waals surface area contributed by atoms with Crippen LogP contribution in [0.3, 0.4) is 0 Å². The topological polar surface area (TPSA) is 99.3 Å². The van der Waals surface area contributed by atoms with E-state index in [2.05, 4.69) is 47.5 Å². The quantitative estimate of drug-likeness (QED) is 0.224. The molecule has 206 valence electrons. The zero-order valence-electron chi connectivity index (χ0n) is 23.0. The minimum Gasteiger partial charge on any atom is -0.352 e. The Bertz CT molecular complexity index is 1160. The van der Waals surface area contributed by atoms with E-state index in [4.69, 9.17) is 20.4 Å². The summed E-state index contributed by atoms with van der Waals surface area (Å²) in [6.45, 7) is 19.8. The Kier molecular flexibility index (Phi) is 11.0. The number of ether oxygens (including phenoxy) is 1. The van der Waals surface area contributed by atoms with Crippen LogP contribution in [-0.4, -0.2) is 57.6 Å². The van der Waals surface area contributed by atoms with E-state index in [1.54, 1.807) is 37.4 Å². The van der Waals surface area contributed by atoms with Crippen LogP contribution in [0.5, 0.6) is 0 Å². The number of hydrogen-bond donors (Lipinski definition) is 1. The predicted octanol–water partition coefficient (Wildman–Crippen LogP) is 5.17. The third kappa shape index (κ3) is 7.46. The number of carbonyl (C=O) groups is 1. The van der Waals surface area contributed by atoms with Gasteiger partial charge in [0.15, 0.2) is 0 Å². The van der Waals surface area contributed by atoms with Crippen LogP contribution in [0.1, 0.15) is 69.6 Å². The molecule has 1 aliphatic rings. The van der Waals surface area contributed by atoms with Crippen molar-refractivity contribution in [1.82, 2.24) is 14.2 Å². The van der Waals surface area contributed by atoms with Crippen molar-refractivity contribution in [1.29, 1.82) is 0 Å². The normalized spacial score (nSPS) is 20.2. The molecule has 1 aromatic carbocycles. The number of amides is 1. The number of nitrogens with zero attached hydrogens (tertiary/aromatic N) is 4. The van der Waals surface area contributed by atoms with Crippen molar-refractivity contribution in [3.63, 3.8) is 0 Å². The molecule has 0 aliphatic carbocycles. The van der Waals surface area contributed by atoms with Crippen molar-refractivity contribution in [2.24, 2.45) is 0 Å². The molecule has 0 saturated carbocycles. The minimum absolute atomic E-state index is 0.181. The first kappa shape index (κ1) is 29.9. The van der Waals surface area contributed by atoms with E-state index < -0.39 is 20.4 Å². The van der Waals surface area contributed by atoms with Crippen molar-refractivity contribution < 1.29 is 18.6 Å². The van der Waals surface area contributed by atoms with Crippen LogP contribution in [0.15, 0.2) is 41.3 Å². The summed E-state index contributed by atoms with van der Waals surface area (Å²) in [4.78, 5) is 33.1. The highest BCUT2D eigenvalue weighted by molar-refractivity contribution is 7.44. The molecule has 0 bridgehead atoms. The Hall–Kier alpha value is -2.67. The number of carbonyl (C=O) groups excluding carboxylic acids is 1. The van der Waals surface area contributed by atoms with Crippen molar-refractivity contribution in [2.75, 3.05) is 18.5 Å². The molecule has 3 rings (SSSR count). The fourth-order valence-corrected chi connectivity index (χ4v) is 6.17. The Balaban J connectivity index is 1.78. The number of anilines is 1. The molecule has 38 heavy (non-hydrogen) atoms. The predicted molar refractivity (Wildman–Crippen MR) is 148 cm³/mol. The lowest BCUT2D eigenvalue weighted by Crippen LogP contribution is -2.35. The molecule has 10 nitrogen and oxygen atoms in total. The van der Waals surface area contributed by atoms with Gasteiger partial charge < -0.3 is 23.9 Å². The maximum atomic E-state index is 13.0. The number of nitrogens with one attached hydrogen (secondary N) is 1. The molecule has 0 radical (unpaired) electrons. The van der Waals surface area contributed by atoms with Gasteiger partial charge in [0.2, 0.25) is 6.54 Å². The van der Waals surface area contributed by atoms with Crippen molar-refractivity contribution in [2.45, 2.75) is 84.9 Å². The summed E-state index contributed by atoms with van der Waals surface area (Å²) in [6, 6.07) is 9.13.